The van der Waals surface area contributed by atoms with Gasteiger partial charge in [0, 0.05) is 21.8 Å². The van der Waals surface area contributed by atoms with Gasteiger partial charge in [-0.05, 0) is 91.6 Å². The molecule has 2 aliphatic heterocycles. The monoisotopic (exact) mass is 753 g/mol. The molecule has 12 heteroatoms. The van der Waals surface area contributed by atoms with Crippen LogP contribution in [0.2, 0.25) is 15.1 Å². The van der Waals surface area contributed by atoms with Crippen molar-refractivity contribution in [1.82, 2.24) is 10.2 Å². The fourth-order valence-corrected chi connectivity index (χ4v) is 7.19. The molecule has 2 heterocycles. The van der Waals surface area contributed by atoms with E-state index in [0.29, 0.717) is 29.5 Å². The first-order valence-corrected chi connectivity index (χ1v) is 18.6. The number of ether oxygens (including phenoxy) is 1. The van der Waals surface area contributed by atoms with E-state index in [2.05, 4.69) is 69.4 Å². The summed E-state index contributed by atoms with van der Waals surface area (Å²) in [6.07, 6.45) is 4.79. The predicted molar refractivity (Wildman–Crippen MR) is 207 cm³/mol. The standard InChI is InChI=1S/C39H46Cl3N5O4/c1-7-38(3,4)25-15-16-31(28(20-25)39(5,6)8-2)51-23-32(48)43-27-14-12-13-24(19-27)36(49)44-35-34(46-17-10-9-11-18-46)37(50)47(45-35)33-29(41)21-26(40)22-30(33)42/h12-16,19-22,34H,7-11,17-18,23H2,1-6H3,(H,43,48)(H,44,45,49). The molecule has 51 heavy (non-hydrogen) atoms. The number of piperidine rings is 1. The summed E-state index contributed by atoms with van der Waals surface area (Å²) in [5.74, 6) is -0.405. The van der Waals surface area contributed by atoms with Crippen LogP contribution >= 0.6 is 34.8 Å². The number of nitrogens with zero attached hydrogens (tertiary/aromatic N) is 3. The third-order valence-electron chi connectivity index (χ3n) is 10.1. The van der Waals surface area contributed by atoms with Crippen LogP contribution in [0.25, 0.3) is 0 Å². The van der Waals surface area contributed by atoms with Crippen LogP contribution in [0.5, 0.6) is 5.75 Å². The van der Waals surface area contributed by atoms with E-state index in [4.69, 9.17) is 39.5 Å². The number of likely N-dealkylation sites (tertiary alicyclic amines) is 1. The van der Waals surface area contributed by atoms with Gasteiger partial charge in [0.05, 0.1) is 10.0 Å². The van der Waals surface area contributed by atoms with Gasteiger partial charge in [-0.2, -0.15) is 5.01 Å². The van der Waals surface area contributed by atoms with Crippen molar-refractivity contribution in [2.75, 3.05) is 30.0 Å². The Balaban J connectivity index is 1.31. The van der Waals surface area contributed by atoms with Crippen molar-refractivity contribution in [2.45, 2.75) is 90.5 Å². The van der Waals surface area contributed by atoms with E-state index in [1.807, 2.05) is 11.0 Å². The van der Waals surface area contributed by atoms with Gasteiger partial charge in [0.25, 0.3) is 17.7 Å². The van der Waals surface area contributed by atoms with Crippen molar-refractivity contribution in [2.24, 2.45) is 5.10 Å². The van der Waals surface area contributed by atoms with Crippen LogP contribution in [-0.4, -0.2) is 54.2 Å². The summed E-state index contributed by atoms with van der Waals surface area (Å²) < 4.78 is 6.10. The smallest absolute Gasteiger partial charge is 0.272 e. The Kier molecular flexibility index (Phi) is 12.1. The molecule has 0 saturated carbocycles. The fraction of sp³-hybridized carbons (Fsp3) is 0.436. The number of amides is 3. The molecule has 2 aliphatic rings. The number of carbonyl (C=O) groups excluding carboxylic acids is 3. The normalized spacial score (nSPS) is 17.0. The lowest BCUT2D eigenvalue weighted by Gasteiger charge is -2.31. The summed E-state index contributed by atoms with van der Waals surface area (Å²) in [5, 5.41) is 12.0. The van der Waals surface area contributed by atoms with Gasteiger partial charge >= 0.3 is 0 Å². The third kappa shape index (κ3) is 8.71. The molecule has 3 aromatic carbocycles. The van der Waals surface area contributed by atoms with E-state index in [-0.39, 0.29) is 56.4 Å². The van der Waals surface area contributed by atoms with Crippen molar-refractivity contribution in [3.05, 3.63) is 86.4 Å². The molecular formula is C39H46Cl3N5O4. The minimum absolute atomic E-state index is 0.0116. The van der Waals surface area contributed by atoms with E-state index >= 15 is 0 Å². The largest absolute Gasteiger partial charge is 0.483 e. The van der Waals surface area contributed by atoms with Crippen molar-refractivity contribution < 1.29 is 19.1 Å². The molecule has 0 bridgehead atoms. The third-order valence-corrected chi connectivity index (χ3v) is 10.9. The Morgan fingerprint density at radius 2 is 1.55 bits per heavy atom. The molecule has 5 rings (SSSR count). The minimum Gasteiger partial charge on any atom is -0.483 e. The summed E-state index contributed by atoms with van der Waals surface area (Å²) >= 11 is 19.0. The van der Waals surface area contributed by atoms with Gasteiger partial charge in [-0.3, -0.25) is 19.3 Å². The Morgan fingerprint density at radius 1 is 0.882 bits per heavy atom. The maximum atomic E-state index is 13.8. The molecule has 1 unspecified atom stereocenters. The number of halogens is 3. The van der Waals surface area contributed by atoms with E-state index in [1.165, 1.54) is 17.7 Å². The summed E-state index contributed by atoms with van der Waals surface area (Å²) in [6, 6.07) is 14.9. The zero-order chi connectivity index (χ0) is 37.1. The molecule has 1 saturated heterocycles. The zero-order valence-corrected chi connectivity index (χ0v) is 32.3. The zero-order valence-electron chi connectivity index (χ0n) is 30.0. The van der Waals surface area contributed by atoms with Gasteiger partial charge in [0.1, 0.15) is 11.4 Å². The maximum absolute atomic E-state index is 13.8. The number of rotatable bonds is 11. The van der Waals surface area contributed by atoms with E-state index in [1.54, 1.807) is 24.3 Å². The van der Waals surface area contributed by atoms with Crippen LogP contribution < -0.4 is 20.4 Å². The Morgan fingerprint density at radius 3 is 2.20 bits per heavy atom. The van der Waals surface area contributed by atoms with Crippen molar-refractivity contribution in [1.29, 1.82) is 0 Å². The highest BCUT2D eigenvalue weighted by molar-refractivity contribution is 6.43. The van der Waals surface area contributed by atoms with E-state index in [9.17, 15) is 14.4 Å². The number of hydrazone groups is 1. The Hall–Kier alpha value is -3.63. The topological polar surface area (TPSA) is 103 Å². The molecule has 272 valence electrons. The first-order valence-electron chi connectivity index (χ1n) is 17.4. The SMILES string of the molecule is CCC(C)(C)c1ccc(OCC(=O)Nc2cccc(C(=O)NC3=NN(c4c(Cl)cc(Cl)cc4Cl)C(=O)C3N3CCCCC3)c2)c(C(C)(C)CC)c1. The summed E-state index contributed by atoms with van der Waals surface area (Å²) in [6.45, 7) is 14.3. The van der Waals surface area contributed by atoms with Crippen LogP contribution in [0, 0.1) is 0 Å². The molecule has 0 spiro atoms. The molecule has 0 aromatic heterocycles. The summed E-state index contributed by atoms with van der Waals surface area (Å²) in [5.41, 5.74) is 3.03. The quantitative estimate of drug-likeness (QED) is 0.204. The fourth-order valence-electron chi connectivity index (χ4n) is 6.21. The first-order chi connectivity index (χ1) is 24.1. The van der Waals surface area contributed by atoms with Gasteiger partial charge in [-0.1, -0.05) is 101 Å². The number of carbonyl (C=O) groups is 3. The molecule has 3 aromatic rings. The predicted octanol–water partition coefficient (Wildman–Crippen LogP) is 8.98. The van der Waals surface area contributed by atoms with Crippen molar-refractivity contribution in [3.8, 4) is 5.75 Å². The van der Waals surface area contributed by atoms with Crippen LogP contribution in [0.15, 0.2) is 59.7 Å². The van der Waals surface area contributed by atoms with E-state index in [0.717, 1.165) is 42.7 Å². The van der Waals surface area contributed by atoms with Gasteiger partial charge in [0.15, 0.2) is 18.5 Å². The minimum atomic E-state index is -0.832. The number of nitrogens with one attached hydrogen (secondary N) is 2. The van der Waals surface area contributed by atoms with E-state index < -0.39 is 11.9 Å². The molecule has 3 amide bonds. The number of benzene rings is 3. The van der Waals surface area contributed by atoms with Gasteiger partial charge in [0.2, 0.25) is 0 Å². The number of amidine groups is 1. The van der Waals surface area contributed by atoms with Crippen LogP contribution in [0.3, 0.4) is 0 Å². The number of hydrogen-bond acceptors (Lipinski definition) is 6. The first kappa shape index (κ1) is 38.6. The highest BCUT2D eigenvalue weighted by Gasteiger charge is 2.43. The van der Waals surface area contributed by atoms with Crippen molar-refractivity contribution >= 4 is 69.7 Å². The summed E-state index contributed by atoms with van der Waals surface area (Å²) in [7, 11) is 0. The summed E-state index contributed by atoms with van der Waals surface area (Å²) in [4.78, 5) is 42.6. The highest BCUT2D eigenvalue weighted by atomic mass is 35.5. The number of anilines is 2. The van der Waals surface area contributed by atoms with Gasteiger partial charge in [-0.15, -0.1) is 5.10 Å². The second kappa shape index (κ2) is 15.9. The average molecular weight is 755 g/mol. The Bertz CT molecular complexity index is 1810. The lowest BCUT2D eigenvalue weighted by molar-refractivity contribution is -0.121. The molecule has 0 aliphatic carbocycles. The highest BCUT2D eigenvalue weighted by Crippen LogP contribution is 2.40. The molecule has 1 fully saturated rings. The average Bonchev–Trinajstić information content (AvgIpc) is 3.41. The second-order valence-electron chi connectivity index (χ2n) is 14.4. The molecule has 0 radical (unpaired) electrons. The molecule has 9 nitrogen and oxygen atoms in total. The molecule has 2 N–H and O–H groups in total. The molecule has 1 atom stereocenters. The Labute approximate surface area is 315 Å². The van der Waals surface area contributed by atoms with Gasteiger partial charge < -0.3 is 15.4 Å². The lowest BCUT2D eigenvalue weighted by Crippen LogP contribution is -2.53. The second-order valence-corrected chi connectivity index (χ2v) is 15.7. The maximum Gasteiger partial charge on any atom is 0.272 e. The van der Waals surface area contributed by atoms with Crippen LogP contribution in [-0.2, 0) is 20.4 Å². The van der Waals surface area contributed by atoms with Gasteiger partial charge in [-0.25, -0.2) is 0 Å². The van der Waals surface area contributed by atoms with Crippen molar-refractivity contribution in [3.63, 3.8) is 0 Å². The lowest BCUT2D eigenvalue weighted by atomic mass is 9.76. The molecular weight excluding hydrogens is 709 g/mol. The van der Waals surface area contributed by atoms with Crippen LogP contribution in [0.1, 0.15) is 95.1 Å². The number of hydrogen-bond donors (Lipinski definition) is 2. The van der Waals surface area contributed by atoms with Crippen LogP contribution in [0.4, 0.5) is 11.4 Å².